The van der Waals surface area contributed by atoms with E-state index in [1.54, 1.807) is 7.05 Å². The van der Waals surface area contributed by atoms with E-state index in [0.29, 0.717) is 11.7 Å². The minimum Gasteiger partial charge on any atom is -0.393 e. The van der Waals surface area contributed by atoms with Gasteiger partial charge in [-0.2, -0.15) is 9.97 Å². The molecule has 6 nitrogen and oxygen atoms in total. The van der Waals surface area contributed by atoms with Gasteiger partial charge in [-0.05, 0) is 25.2 Å². The molecule has 100 valence electrons. The zero-order valence-electron chi connectivity index (χ0n) is 10.7. The van der Waals surface area contributed by atoms with Gasteiger partial charge in [0.05, 0.1) is 6.10 Å². The molecule has 0 saturated heterocycles. The molecule has 18 heavy (non-hydrogen) atoms. The molecule has 1 heterocycles. The lowest BCUT2D eigenvalue weighted by Crippen LogP contribution is -2.25. The van der Waals surface area contributed by atoms with Gasteiger partial charge in [-0.15, -0.1) is 0 Å². The van der Waals surface area contributed by atoms with E-state index >= 15 is 0 Å². The van der Waals surface area contributed by atoms with Gasteiger partial charge in [0.25, 0.3) is 0 Å². The van der Waals surface area contributed by atoms with Crippen molar-refractivity contribution in [3.63, 3.8) is 0 Å². The van der Waals surface area contributed by atoms with E-state index in [9.17, 15) is 5.11 Å². The Kier molecular flexibility index (Phi) is 4.19. The lowest BCUT2D eigenvalue weighted by Gasteiger charge is -2.26. The second kappa shape index (κ2) is 5.86. The van der Waals surface area contributed by atoms with Crippen molar-refractivity contribution in [2.45, 2.75) is 31.8 Å². The number of nitrogen functional groups attached to an aromatic ring is 1. The van der Waals surface area contributed by atoms with Crippen LogP contribution in [0.1, 0.15) is 25.7 Å². The quantitative estimate of drug-likeness (QED) is 0.639. The third kappa shape index (κ3) is 3.46. The zero-order chi connectivity index (χ0) is 13.0. The summed E-state index contributed by atoms with van der Waals surface area (Å²) in [7, 11) is 1.79. The molecule has 1 aliphatic rings. The summed E-state index contributed by atoms with van der Waals surface area (Å²) in [5, 5.41) is 15.8. The summed E-state index contributed by atoms with van der Waals surface area (Å²) in [6.45, 7) is 0.816. The molecule has 0 amide bonds. The van der Waals surface area contributed by atoms with Crippen LogP contribution >= 0.6 is 0 Å². The van der Waals surface area contributed by atoms with E-state index in [1.165, 1.54) is 0 Å². The molecule has 2 unspecified atom stereocenters. The van der Waals surface area contributed by atoms with Crippen molar-refractivity contribution in [3.8, 4) is 0 Å². The number of nitrogens with zero attached hydrogens (tertiary/aromatic N) is 2. The molecule has 2 rings (SSSR count). The van der Waals surface area contributed by atoms with Crippen LogP contribution in [0.5, 0.6) is 0 Å². The summed E-state index contributed by atoms with van der Waals surface area (Å²) in [6.07, 6.45) is 3.91. The van der Waals surface area contributed by atoms with Gasteiger partial charge in [0.1, 0.15) is 11.6 Å². The predicted octanol–water partition coefficient (Wildman–Crippen LogP) is 1.06. The van der Waals surface area contributed by atoms with Gasteiger partial charge in [-0.3, -0.25) is 0 Å². The molecule has 0 aromatic carbocycles. The fraction of sp³-hybridized carbons (Fsp3) is 0.667. The van der Waals surface area contributed by atoms with Crippen molar-refractivity contribution in [1.29, 1.82) is 0 Å². The van der Waals surface area contributed by atoms with Crippen LogP contribution in [0, 0.1) is 5.92 Å². The highest BCUT2D eigenvalue weighted by Crippen LogP contribution is 2.24. The fourth-order valence-corrected chi connectivity index (χ4v) is 2.38. The zero-order valence-corrected chi connectivity index (χ0v) is 10.7. The number of hydrogen-bond donors (Lipinski definition) is 4. The highest BCUT2D eigenvalue weighted by molar-refractivity contribution is 5.50. The maximum atomic E-state index is 9.62. The van der Waals surface area contributed by atoms with Crippen molar-refractivity contribution in [2.24, 2.45) is 5.92 Å². The van der Waals surface area contributed by atoms with Gasteiger partial charge in [0.2, 0.25) is 5.95 Å². The Morgan fingerprint density at radius 3 is 2.89 bits per heavy atom. The standard InChI is InChI=1S/C12H21N5O/c1-14-10-6-11(17-12(13)16-10)15-7-8-3-2-4-9(18)5-8/h6,8-9,18H,2-5,7H2,1H3,(H4,13,14,15,16,17). The summed E-state index contributed by atoms with van der Waals surface area (Å²) in [6, 6.07) is 1.83. The number of nitrogens with one attached hydrogen (secondary N) is 2. The molecule has 6 heteroatoms. The molecule has 1 fully saturated rings. The summed E-state index contributed by atoms with van der Waals surface area (Å²) in [5.74, 6) is 2.19. The number of anilines is 3. The van der Waals surface area contributed by atoms with E-state index in [-0.39, 0.29) is 12.1 Å². The second-order valence-electron chi connectivity index (χ2n) is 4.81. The van der Waals surface area contributed by atoms with Gasteiger partial charge in [-0.1, -0.05) is 6.42 Å². The first-order chi connectivity index (χ1) is 8.67. The van der Waals surface area contributed by atoms with Crippen LogP contribution in [-0.4, -0.2) is 34.8 Å². The topological polar surface area (TPSA) is 96.1 Å². The molecule has 1 aromatic heterocycles. The minimum atomic E-state index is -0.145. The number of aliphatic hydroxyl groups is 1. The third-order valence-corrected chi connectivity index (χ3v) is 3.33. The first-order valence-corrected chi connectivity index (χ1v) is 6.41. The van der Waals surface area contributed by atoms with Gasteiger partial charge in [-0.25, -0.2) is 0 Å². The Labute approximate surface area is 107 Å². The molecule has 1 aromatic rings. The Morgan fingerprint density at radius 2 is 2.17 bits per heavy atom. The van der Waals surface area contributed by atoms with Crippen molar-refractivity contribution < 1.29 is 5.11 Å². The summed E-state index contributed by atoms with van der Waals surface area (Å²) >= 11 is 0. The lowest BCUT2D eigenvalue weighted by atomic mass is 9.87. The summed E-state index contributed by atoms with van der Waals surface area (Å²) in [5.41, 5.74) is 5.62. The molecule has 0 bridgehead atoms. The number of hydrogen-bond acceptors (Lipinski definition) is 6. The van der Waals surface area contributed by atoms with Crippen LogP contribution in [-0.2, 0) is 0 Å². The number of aliphatic hydroxyl groups excluding tert-OH is 1. The number of aromatic nitrogens is 2. The Morgan fingerprint density at radius 1 is 1.39 bits per heavy atom. The molecule has 1 aliphatic carbocycles. The first-order valence-electron chi connectivity index (χ1n) is 6.41. The molecule has 0 radical (unpaired) electrons. The van der Waals surface area contributed by atoms with Crippen LogP contribution in [0.15, 0.2) is 6.07 Å². The van der Waals surface area contributed by atoms with Gasteiger partial charge >= 0.3 is 0 Å². The highest BCUT2D eigenvalue weighted by atomic mass is 16.3. The molecule has 0 spiro atoms. The molecule has 2 atom stereocenters. The highest BCUT2D eigenvalue weighted by Gasteiger charge is 2.19. The van der Waals surface area contributed by atoms with Crippen molar-refractivity contribution in [3.05, 3.63) is 6.07 Å². The monoisotopic (exact) mass is 251 g/mol. The molecule has 5 N–H and O–H groups in total. The minimum absolute atomic E-state index is 0.145. The molecular weight excluding hydrogens is 230 g/mol. The Bertz CT molecular complexity index is 398. The fourth-order valence-electron chi connectivity index (χ4n) is 2.38. The van der Waals surface area contributed by atoms with Crippen LogP contribution in [0.25, 0.3) is 0 Å². The normalized spacial score (nSPS) is 23.7. The van der Waals surface area contributed by atoms with Gasteiger partial charge < -0.3 is 21.5 Å². The molecule has 1 saturated carbocycles. The number of rotatable bonds is 4. The van der Waals surface area contributed by atoms with Crippen molar-refractivity contribution >= 4 is 17.6 Å². The summed E-state index contributed by atoms with van der Waals surface area (Å²) < 4.78 is 0. The Hall–Kier alpha value is -1.56. The largest absolute Gasteiger partial charge is 0.393 e. The lowest BCUT2D eigenvalue weighted by molar-refractivity contribution is 0.104. The van der Waals surface area contributed by atoms with Crippen LogP contribution in [0.4, 0.5) is 17.6 Å². The number of nitrogens with two attached hydrogens (primary N) is 1. The van der Waals surface area contributed by atoms with E-state index in [2.05, 4.69) is 20.6 Å². The average molecular weight is 251 g/mol. The predicted molar refractivity (Wildman–Crippen MR) is 72.4 cm³/mol. The van der Waals surface area contributed by atoms with Gasteiger partial charge in [0.15, 0.2) is 0 Å². The maximum Gasteiger partial charge on any atom is 0.223 e. The van der Waals surface area contributed by atoms with Crippen LogP contribution in [0.3, 0.4) is 0 Å². The smallest absolute Gasteiger partial charge is 0.223 e. The van der Waals surface area contributed by atoms with Gasteiger partial charge in [0, 0.05) is 19.7 Å². The SMILES string of the molecule is CNc1cc(NCC2CCCC(O)C2)nc(N)n1. The van der Waals surface area contributed by atoms with Crippen molar-refractivity contribution in [2.75, 3.05) is 30.0 Å². The van der Waals surface area contributed by atoms with Crippen LogP contribution < -0.4 is 16.4 Å². The first kappa shape index (κ1) is 12.9. The van der Waals surface area contributed by atoms with E-state index < -0.39 is 0 Å². The molecule has 0 aliphatic heterocycles. The molecular formula is C12H21N5O. The summed E-state index contributed by atoms with van der Waals surface area (Å²) in [4.78, 5) is 8.17. The van der Waals surface area contributed by atoms with E-state index in [0.717, 1.165) is 38.0 Å². The Balaban J connectivity index is 1.91. The maximum absolute atomic E-state index is 9.62. The second-order valence-corrected chi connectivity index (χ2v) is 4.81. The van der Waals surface area contributed by atoms with Crippen molar-refractivity contribution in [1.82, 2.24) is 9.97 Å². The van der Waals surface area contributed by atoms with E-state index in [1.807, 2.05) is 6.07 Å². The average Bonchev–Trinajstić information content (AvgIpc) is 2.36. The van der Waals surface area contributed by atoms with E-state index in [4.69, 9.17) is 5.73 Å². The third-order valence-electron chi connectivity index (χ3n) is 3.33. The van der Waals surface area contributed by atoms with Crippen LogP contribution in [0.2, 0.25) is 0 Å².